The minimum Gasteiger partial charge on any atom is -0.530 e. The molecule has 3 unspecified atom stereocenters. The molecule has 5 nitrogen and oxygen atoms in total. The first-order valence-corrected chi connectivity index (χ1v) is 8.21. The molecule has 1 aromatic rings. The quantitative estimate of drug-likeness (QED) is 0.619. The molecule has 1 saturated heterocycles. The summed E-state index contributed by atoms with van der Waals surface area (Å²) in [5.41, 5.74) is 2.82. The summed E-state index contributed by atoms with van der Waals surface area (Å²) in [6.45, 7) is 6.61. The molecule has 3 atom stereocenters. The van der Waals surface area contributed by atoms with Crippen molar-refractivity contribution in [1.82, 2.24) is 10.6 Å². The third kappa shape index (κ3) is 3.42. The van der Waals surface area contributed by atoms with E-state index in [0.29, 0.717) is 24.1 Å². The van der Waals surface area contributed by atoms with Crippen molar-refractivity contribution >= 4 is 28.7 Å². The van der Waals surface area contributed by atoms with Gasteiger partial charge in [0.1, 0.15) is 11.8 Å². The second-order valence-electron chi connectivity index (χ2n) is 5.47. The smallest absolute Gasteiger partial charge is 0.134 e. The molecule has 0 radical (unpaired) electrons. The fourth-order valence-electron chi connectivity index (χ4n) is 3.25. The van der Waals surface area contributed by atoms with Gasteiger partial charge in [-0.2, -0.15) is 0 Å². The van der Waals surface area contributed by atoms with Gasteiger partial charge in [-0.3, -0.25) is 0 Å². The van der Waals surface area contributed by atoms with Crippen molar-refractivity contribution < 1.29 is 15.0 Å². The Morgan fingerprint density at radius 2 is 2.19 bits per heavy atom. The topological polar surface area (TPSA) is 84.4 Å². The minimum atomic E-state index is -1.21. The predicted molar refractivity (Wildman–Crippen MR) is 87.4 cm³/mol. The van der Waals surface area contributed by atoms with Crippen molar-refractivity contribution in [3.63, 3.8) is 0 Å². The summed E-state index contributed by atoms with van der Waals surface area (Å²) in [6, 6.07) is 4.14. The molecule has 3 rings (SSSR count). The number of phenols is 1. The Balaban J connectivity index is 0.000000232. The Bertz CT molecular complexity index is 536. The molecule has 0 aromatic heterocycles. The van der Waals surface area contributed by atoms with E-state index in [2.05, 4.69) is 40.9 Å². The first kappa shape index (κ1) is 16.4. The number of nitrogens with one attached hydrogen (secondary N) is 2. The molecule has 1 amide bonds. The summed E-state index contributed by atoms with van der Waals surface area (Å²) in [6.07, 6.45) is -1.21. The van der Waals surface area contributed by atoms with Gasteiger partial charge in [0.25, 0.3) is 0 Å². The molecule has 21 heavy (non-hydrogen) atoms. The molecular weight excluding hydrogens is 383 g/mol. The highest BCUT2D eigenvalue weighted by molar-refractivity contribution is 14.1. The van der Waals surface area contributed by atoms with Crippen LogP contribution in [0.25, 0.3) is 0 Å². The Labute approximate surface area is 138 Å². The van der Waals surface area contributed by atoms with Crippen LogP contribution in [0.4, 0.5) is 4.79 Å². The molecule has 1 fully saturated rings. The Morgan fingerprint density at radius 3 is 2.76 bits per heavy atom. The van der Waals surface area contributed by atoms with E-state index in [1.165, 1.54) is 11.1 Å². The molecule has 1 aromatic carbocycles. The highest BCUT2D eigenvalue weighted by Gasteiger charge is 2.41. The maximum absolute atomic E-state index is 9.76. The average molecular weight is 403 g/mol. The molecule has 2 aliphatic rings. The van der Waals surface area contributed by atoms with Crippen LogP contribution < -0.4 is 15.7 Å². The summed E-state index contributed by atoms with van der Waals surface area (Å²) >= 11 is 2.21. The number of carbonyl (C=O) groups excluding carboxylic acids is 1. The van der Waals surface area contributed by atoms with Crippen LogP contribution in [0.2, 0.25) is 0 Å². The lowest BCUT2D eigenvalue weighted by atomic mass is 9.91. The number of carboxylic acid groups (broad SMARTS) is 1. The minimum absolute atomic E-state index is 0.419. The van der Waals surface area contributed by atoms with Crippen molar-refractivity contribution in [1.29, 1.82) is 0 Å². The largest absolute Gasteiger partial charge is 0.530 e. The van der Waals surface area contributed by atoms with Gasteiger partial charge in [0, 0.05) is 19.0 Å². The zero-order valence-electron chi connectivity index (χ0n) is 12.1. The van der Waals surface area contributed by atoms with E-state index in [1.807, 2.05) is 11.4 Å². The summed E-state index contributed by atoms with van der Waals surface area (Å²) in [5, 5.41) is 24.6. The van der Waals surface area contributed by atoms with Crippen molar-refractivity contribution in [2.75, 3.05) is 19.6 Å². The van der Waals surface area contributed by atoms with Gasteiger partial charge < -0.3 is 25.6 Å². The molecule has 1 aliphatic carbocycles. The summed E-state index contributed by atoms with van der Waals surface area (Å²) in [5.74, 6) is 2.43. The number of phenolic OH excluding ortho intramolecular Hbond substituents is 1. The number of carbonyl (C=O) groups is 1. The number of amides is 1. The van der Waals surface area contributed by atoms with Gasteiger partial charge in [-0.1, -0.05) is 6.92 Å². The summed E-state index contributed by atoms with van der Waals surface area (Å²) in [4.78, 5) is 9.38. The van der Waals surface area contributed by atoms with E-state index in [1.54, 1.807) is 6.92 Å². The number of benzene rings is 1. The van der Waals surface area contributed by atoms with Gasteiger partial charge in [-0.05, 0) is 71.2 Å². The lowest BCUT2D eigenvalue weighted by Crippen LogP contribution is -2.35. The van der Waals surface area contributed by atoms with Gasteiger partial charge in [0.15, 0.2) is 0 Å². The van der Waals surface area contributed by atoms with Crippen molar-refractivity contribution in [3.05, 3.63) is 26.8 Å². The number of hydrogen-bond donors (Lipinski definition) is 3. The van der Waals surface area contributed by atoms with Crippen LogP contribution in [-0.2, 0) is 0 Å². The SMILES string of the molecule is CC1c2cc(I)c(O)cc2C2CNCC12.CCNC(=O)[O-]. The maximum atomic E-state index is 9.76. The lowest BCUT2D eigenvalue weighted by Gasteiger charge is -2.12. The molecular formula is C15H20IN2O3-. The third-order valence-electron chi connectivity index (χ3n) is 4.27. The number of rotatable bonds is 1. The second kappa shape index (κ2) is 6.83. The van der Waals surface area contributed by atoms with Gasteiger partial charge in [-0.25, -0.2) is 0 Å². The van der Waals surface area contributed by atoms with Crippen LogP contribution in [0.15, 0.2) is 12.1 Å². The van der Waals surface area contributed by atoms with Crippen molar-refractivity contribution in [3.8, 4) is 5.75 Å². The van der Waals surface area contributed by atoms with E-state index in [4.69, 9.17) is 0 Å². The van der Waals surface area contributed by atoms with Crippen LogP contribution in [0.5, 0.6) is 5.75 Å². The van der Waals surface area contributed by atoms with Gasteiger partial charge in [-0.15, -0.1) is 0 Å². The van der Waals surface area contributed by atoms with Crippen LogP contribution in [0.1, 0.15) is 36.8 Å². The number of hydrogen-bond acceptors (Lipinski definition) is 4. The van der Waals surface area contributed by atoms with E-state index >= 15 is 0 Å². The normalized spacial score (nSPS) is 25.6. The van der Waals surface area contributed by atoms with E-state index in [0.717, 1.165) is 22.6 Å². The molecule has 0 saturated carbocycles. The third-order valence-corrected chi connectivity index (χ3v) is 5.13. The highest BCUT2D eigenvalue weighted by atomic mass is 127. The Kier molecular flexibility index (Phi) is 5.32. The van der Waals surface area contributed by atoms with E-state index < -0.39 is 6.09 Å². The van der Waals surface area contributed by atoms with Crippen molar-refractivity contribution in [2.45, 2.75) is 25.7 Å². The first-order valence-electron chi connectivity index (χ1n) is 7.13. The number of fused-ring (bicyclic) bond motifs is 3. The molecule has 1 aliphatic heterocycles. The van der Waals surface area contributed by atoms with Crippen molar-refractivity contribution in [2.24, 2.45) is 5.92 Å². The van der Waals surface area contributed by atoms with Crippen LogP contribution in [0.3, 0.4) is 0 Å². The molecule has 0 bridgehead atoms. The highest BCUT2D eigenvalue weighted by Crippen LogP contribution is 2.49. The van der Waals surface area contributed by atoms with Crippen LogP contribution in [0, 0.1) is 9.49 Å². The van der Waals surface area contributed by atoms with Gasteiger partial charge in [0.2, 0.25) is 0 Å². The molecule has 3 N–H and O–H groups in total. The molecule has 1 heterocycles. The summed E-state index contributed by atoms with van der Waals surface area (Å²) < 4.78 is 0.978. The zero-order valence-corrected chi connectivity index (χ0v) is 14.3. The van der Waals surface area contributed by atoms with Gasteiger partial charge in [0.05, 0.1) is 3.57 Å². The Hall–Kier alpha value is -1.02. The fourth-order valence-corrected chi connectivity index (χ4v) is 3.74. The number of aromatic hydroxyl groups is 1. The van der Waals surface area contributed by atoms with E-state index in [-0.39, 0.29) is 0 Å². The average Bonchev–Trinajstić information content (AvgIpc) is 2.97. The molecule has 116 valence electrons. The first-order chi connectivity index (χ1) is 9.95. The van der Waals surface area contributed by atoms with Crippen LogP contribution in [-0.4, -0.2) is 30.8 Å². The van der Waals surface area contributed by atoms with Gasteiger partial charge >= 0.3 is 0 Å². The fraction of sp³-hybridized carbons (Fsp3) is 0.533. The molecule has 6 heteroatoms. The second-order valence-corrected chi connectivity index (χ2v) is 6.63. The lowest BCUT2D eigenvalue weighted by molar-refractivity contribution is -0.250. The predicted octanol–water partition coefficient (Wildman–Crippen LogP) is 1.36. The standard InChI is InChI=1S/C12H14INO.C3H7NO2/c1-6-7-2-11(13)12(15)3-8(7)10-5-14-4-9(6)10;1-2-4-3(5)6/h2-3,6,9-10,14-15H,4-5H2,1H3;4H,2H2,1H3,(H,5,6)/p-1. The molecule has 0 spiro atoms. The Morgan fingerprint density at radius 1 is 1.48 bits per heavy atom. The summed E-state index contributed by atoms with van der Waals surface area (Å²) in [7, 11) is 0. The monoisotopic (exact) mass is 403 g/mol. The maximum Gasteiger partial charge on any atom is 0.134 e. The van der Waals surface area contributed by atoms with E-state index in [9.17, 15) is 15.0 Å². The number of halogens is 1. The zero-order chi connectivity index (χ0) is 15.6. The van der Waals surface area contributed by atoms with Crippen LogP contribution >= 0.6 is 22.6 Å².